The number of aliphatic carboxylic acids is 1. The van der Waals surface area contributed by atoms with Gasteiger partial charge in [-0.25, -0.2) is 0 Å². The molecule has 16 heavy (non-hydrogen) atoms. The van der Waals surface area contributed by atoms with E-state index in [-0.39, 0.29) is 17.9 Å². The molecule has 0 unspecified atom stereocenters. The summed E-state index contributed by atoms with van der Waals surface area (Å²) in [5, 5.41) is 8.03. The minimum atomic E-state index is -4.52. The van der Waals surface area contributed by atoms with Crippen molar-refractivity contribution >= 4 is 17.6 Å². The van der Waals surface area contributed by atoms with Crippen molar-refractivity contribution in [2.45, 2.75) is 19.0 Å². The summed E-state index contributed by atoms with van der Waals surface area (Å²) in [6.07, 6.45) is -4.68. The zero-order valence-electron chi connectivity index (χ0n) is 8.01. The Bertz CT molecular complexity index is 402. The molecule has 0 aliphatic carbocycles. The van der Waals surface area contributed by atoms with E-state index in [1.807, 2.05) is 0 Å². The fourth-order valence-electron chi connectivity index (χ4n) is 1.20. The number of rotatable bonds is 3. The second kappa shape index (κ2) is 4.74. The van der Waals surface area contributed by atoms with E-state index < -0.39 is 17.7 Å². The van der Waals surface area contributed by atoms with Gasteiger partial charge in [0, 0.05) is 6.42 Å². The topological polar surface area (TPSA) is 37.3 Å². The van der Waals surface area contributed by atoms with Gasteiger partial charge in [-0.05, 0) is 24.1 Å². The van der Waals surface area contributed by atoms with Gasteiger partial charge in [0.25, 0.3) is 0 Å². The molecule has 88 valence electrons. The first-order valence-corrected chi connectivity index (χ1v) is 4.76. The molecule has 0 spiro atoms. The van der Waals surface area contributed by atoms with Crippen LogP contribution in [0.4, 0.5) is 13.2 Å². The monoisotopic (exact) mass is 252 g/mol. The summed E-state index contributed by atoms with van der Waals surface area (Å²) in [5.41, 5.74) is -0.629. The third kappa shape index (κ3) is 3.41. The van der Waals surface area contributed by atoms with Crippen LogP contribution in [0, 0.1) is 0 Å². The van der Waals surface area contributed by atoms with E-state index in [0.29, 0.717) is 5.56 Å². The Balaban J connectivity index is 2.94. The van der Waals surface area contributed by atoms with Crippen molar-refractivity contribution in [3.63, 3.8) is 0 Å². The average molecular weight is 253 g/mol. The number of carboxylic acid groups (broad SMARTS) is 1. The van der Waals surface area contributed by atoms with E-state index in [1.165, 1.54) is 6.07 Å². The fourth-order valence-corrected chi connectivity index (χ4v) is 1.42. The lowest BCUT2D eigenvalue weighted by atomic mass is 10.1. The van der Waals surface area contributed by atoms with Crippen LogP contribution in [-0.4, -0.2) is 11.1 Å². The van der Waals surface area contributed by atoms with Gasteiger partial charge >= 0.3 is 12.1 Å². The Morgan fingerprint density at radius 1 is 1.38 bits per heavy atom. The molecule has 0 bridgehead atoms. The molecule has 6 heteroatoms. The molecule has 1 N–H and O–H groups in total. The number of alkyl halides is 3. The highest BCUT2D eigenvalue weighted by molar-refractivity contribution is 6.31. The van der Waals surface area contributed by atoms with E-state index in [0.717, 1.165) is 12.1 Å². The molecule has 1 aromatic rings. The zero-order valence-corrected chi connectivity index (χ0v) is 8.77. The lowest BCUT2D eigenvalue weighted by molar-refractivity contribution is -0.137. The molecule has 2 nitrogen and oxygen atoms in total. The third-order valence-corrected chi connectivity index (χ3v) is 2.29. The zero-order chi connectivity index (χ0) is 12.3. The van der Waals surface area contributed by atoms with Gasteiger partial charge in [0.2, 0.25) is 0 Å². The Labute approximate surface area is 94.6 Å². The molecule has 1 rings (SSSR count). The summed E-state index contributed by atoms with van der Waals surface area (Å²) < 4.78 is 37.3. The molecule has 1 aromatic carbocycles. The quantitative estimate of drug-likeness (QED) is 0.895. The van der Waals surface area contributed by atoms with E-state index in [9.17, 15) is 18.0 Å². The first kappa shape index (κ1) is 12.8. The van der Waals surface area contributed by atoms with Gasteiger partial charge < -0.3 is 5.11 Å². The van der Waals surface area contributed by atoms with Gasteiger partial charge in [0.15, 0.2) is 0 Å². The van der Waals surface area contributed by atoms with Crippen LogP contribution < -0.4 is 0 Å². The lowest BCUT2D eigenvalue weighted by Crippen LogP contribution is -2.07. The highest BCUT2D eigenvalue weighted by atomic mass is 35.5. The smallest absolute Gasteiger partial charge is 0.417 e. The van der Waals surface area contributed by atoms with Gasteiger partial charge in [0.1, 0.15) is 0 Å². The van der Waals surface area contributed by atoms with Crippen molar-refractivity contribution < 1.29 is 23.1 Å². The van der Waals surface area contributed by atoms with Crippen molar-refractivity contribution in [3.05, 3.63) is 34.3 Å². The van der Waals surface area contributed by atoms with Crippen LogP contribution in [0.1, 0.15) is 17.5 Å². The van der Waals surface area contributed by atoms with Gasteiger partial charge in [-0.1, -0.05) is 17.7 Å². The summed E-state index contributed by atoms with van der Waals surface area (Å²) in [5.74, 6) is -1.05. The number of hydrogen-bond acceptors (Lipinski definition) is 1. The normalized spacial score (nSPS) is 11.5. The molecule has 0 heterocycles. The van der Waals surface area contributed by atoms with Crippen LogP contribution in [0.25, 0.3) is 0 Å². The number of carboxylic acids is 1. The minimum absolute atomic E-state index is 0.0512. The molecule has 0 aliphatic heterocycles. The van der Waals surface area contributed by atoms with Crippen LogP contribution in [0.15, 0.2) is 18.2 Å². The number of hydrogen-bond donors (Lipinski definition) is 1. The van der Waals surface area contributed by atoms with Crippen molar-refractivity contribution in [1.82, 2.24) is 0 Å². The molecular weight excluding hydrogens is 245 g/mol. The van der Waals surface area contributed by atoms with Gasteiger partial charge in [0.05, 0.1) is 10.6 Å². The van der Waals surface area contributed by atoms with Crippen molar-refractivity contribution in [2.24, 2.45) is 0 Å². The van der Waals surface area contributed by atoms with E-state index >= 15 is 0 Å². The summed E-state index contributed by atoms with van der Waals surface area (Å²) >= 11 is 5.41. The van der Waals surface area contributed by atoms with E-state index in [1.54, 1.807) is 0 Å². The maximum atomic E-state index is 12.4. The largest absolute Gasteiger partial charge is 0.481 e. The third-order valence-electron chi connectivity index (χ3n) is 1.96. The first-order chi connectivity index (χ1) is 7.30. The van der Waals surface area contributed by atoms with Gasteiger partial charge in [-0.2, -0.15) is 13.2 Å². The van der Waals surface area contributed by atoms with Crippen LogP contribution >= 0.6 is 11.6 Å². The second-order valence-corrected chi connectivity index (χ2v) is 3.61. The Morgan fingerprint density at radius 3 is 2.50 bits per heavy atom. The Hall–Kier alpha value is -1.23. The van der Waals surface area contributed by atoms with Crippen LogP contribution in [-0.2, 0) is 17.4 Å². The molecule has 0 fully saturated rings. The molecular formula is C10H8ClF3O2. The van der Waals surface area contributed by atoms with E-state index in [4.69, 9.17) is 16.7 Å². The first-order valence-electron chi connectivity index (χ1n) is 4.38. The van der Waals surface area contributed by atoms with E-state index in [2.05, 4.69) is 0 Å². The summed E-state index contributed by atoms with van der Waals surface area (Å²) in [6, 6.07) is 3.40. The standard InChI is InChI=1S/C10H8ClF3O2/c11-8-3-1-6(2-4-9(15)16)5-7(8)10(12,13)14/h1,3,5H,2,4H2,(H,15,16). The maximum Gasteiger partial charge on any atom is 0.417 e. The van der Waals surface area contributed by atoms with Gasteiger partial charge in [-0.15, -0.1) is 0 Å². The average Bonchev–Trinajstić information content (AvgIpc) is 2.14. The van der Waals surface area contributed by atoms with Crippen molar-refractivity contribution in [2.75, 3.05) is 0 Å². The van der Waals surface area contributed by atoms with Gasteiger partial charge in [-0.3, -0.25) is 4.79 Å². The second-order valence-electron chi connectivity index (χ2n) is 3.21. The fraction of sp³-hybridized carbons (Fsp3) is 0.300. The molecule has 0 aliphatic rings. The summed E-state index contributed by atoms with van der Waals surface area (Å²) in [6.45, 7) is 0. The predicted molar refractivity (Wildman–Crippen MR) is 52.4 cm³/mol. The molecule has 0 saturated carbocycles. The molecule has 0 atom stereocenters. The number of carbonyl (C=O) groups is 1. The molecule has 0 radical (unpaired) electrons. The highest BCUT2D eigenvalue weighted by Gasteiger charge is 2.33. The van der Waals surface area contributed by atoms with Crippen molar-refractivity contribution in [3.8, 4) is 0 Å². The lowest BCUT2D eigenvalue weighted by Gasteiger charge is -2.10. The molecule has 0 amide bonds. The number of benzene rings is 1. The highest BCUT2D eigenvalue weighted by Crippen LogP contribution is 2.35. The van der Waals surface area contributed by atoms with Crippen LogP contribution in [0.5, 0.6) is 0 Å². The minimum Gasteiger partial charge on any atom is -0.481 e. The number of aryl methyl sites for hydroxylation is 1. The van der Waals surface area contributed by atoms with Crippen LogP contribution in [0.2, 0.25) is 5.02 Å². The van der Waals surface area contributed by atoms with Crippen molar-refractivity contribution in [1.29, 1.82) is 0 Å². The Kier molecular flexibility index (Phi) is 3.80. The SMILES string of the molecule is O=C(O)CCc1ccc(Cl)c(C(F)(F)F)c1. The molecule has 0 aromatic heterocycles. The Morgan fingerprint density at radius 2 is 2.00 bits per heavy atom. The number of halogens is 4. The summed E-state index contributed by atoms with van der Waals surface area (Å²) in [7, 11) is 0. The summed E-state index contributed by atoms with van der Waals surface area (Å²) in [4.78, 5) is 10.3. The molecule has 0 saturated heterocycles. The maximum absolute atomic E-state index is 12.4. The predicted octanol–water partition coefficient (Wildman–Crippen LogP) is 3.38. The van der Waals surface area contributed by atoms with Crippen LogP contribution in [0.3, 0.4) is 0 Å².